The summed E-state index contributed by atoms with van der Waals surface area (Å²) in [6.07, 6.45) is 2.47. The molecule has 15 heavy (non-hydrogen) atoms. The molecule has 1 atom stereocenters. The standard InChI is InChI=1S/C12H15IN2/c1-3-4-10(13)9-5-6-11-12(7-9)15-8(2)14-11/h5-7,10H,3-4H2,1-2H3,(H,14,15). The molecular weight excluding hydrogens is 299 g/mol. The molecular formula is C12H15IN2. The van der Waals surface area contributed by atoms with Crippen molar-refractivity contribution in [2.45, 2.75) is 30.6 Å². The van der Waals surface area contributed by atoms with Crippen LogP contribution in [0.4, 0.5) is 0 Å². The lowest BCUT2D eigenvalue weighted by Gasteiger charge is -2.08. The summed E-state index contributed by atoms with van der Waals surface area (Å²) < 4.78 is 0.612. The molecule has 0 amide bonds. The highest BCUT2D eigenvalue weighted by atomic mass is 127. The van der Waals surface area contributed by atoms with E-state index in [0.717, 1.165) is 16.9 Å². The zero-order chi connectivity index (χ0) is 10.8. The highest BCUT2D eigenvalue weighted by Crippen LogP contribution is 2.29. The average Bonchev–Trinajstić information content (AvgIpc) is 2.57. The van der Waals surface area contributed by atoms with Crippen LogP contribution < -0.4 is 0 Å². The third-order valence-corrected chi connectivity index (χ3v) is 3.87. The van der Waals surface area contributed by atoms with Crippen LogP contribution in [-0.4, -0.2) is 9.97 Å². The van der Waals surface area contributed by atoms with Crippen LogP contribution in [0.1, 0.15) is 35.1 Å². The maximum atomic E-state index is 4.40. The van der Waals surface area contributed by atoms with Crippen LogP contribution in [0.25, 0.3) is 11.0 Å². The summed E-state index contributed by atoms with van der Waals surface area (Å²) in [5.74, 6) is 0.989. The Bertz CT molecular complexity index is 462. The molecule has 2 aromatic rings. The number of H-pyrrole nitrogens is 1. The molecule has 0 aliphatic carbocycles. The van der Waals surface area contributed by atoms with Crippen LogP contribution in [0.5, 0.6) is 0 Å². The van der Waals surface area contributed by atoms with Gasteiger partial charge in [0.05, 0.1) is 11.0 Å². The van der Waals surface area contributed by atoms with Crippen LogP contribution in [-0.2, 0) is 0 Å². The van der Waals surface area contributed by atoms with E-state index in [0.29, 0.717) is 3.92 Å². The Balaban J connectivity index is 2.37. The Morgan fingerprint density at radius 3 is 3.00 bits per heavy atom. The number of aromatic nitrogens is 2. The van der Waals surface area contributed by atoms with Gasteiger partial charge in [-0.05, 0) is 31.0 Å². The third kappa shape index (κ3) is 2.33. The van der Waals surface area contributed by atoms with E-state index in [4.69, 9.17) is 0 Å². The molecule has 0 fully saturated rings. The van der Waals surface area contributed by atoms with E-state index in [1.165, 1.54) is 18.4 Å². The zero-order valence-corrected chi connectivity index (χ0v) is 11.2. The zero-order valence-electron chi connectivity index (χ0n) is 9.05. The molecule has 0 bridgehead atoms. The van der Waals surface area contributed by atoms with Gasteiger partial charge in [0.25, 0.3) is 0 Å². The number of aryl methyl sites for hydroxylation is 1. The first-order chi connectivity index (χ1) is 7.20. The quantitative estimate of drug-likeness (QED) is 0.669. The molecule has 3 heteroatoms. The van der Waals surface area contributed by atoms with Crippen LogP contribution in [0, 0.1) is 6.92 Å². The Morgan fingerprint density at radius 1 is 1.47 bits per heavy atom. The molecule has 0 aliphatic heterocycles. The smallest absolute Gasteiger partial charge is 0.104 e. The van der Waals surface area contributed by atoms with Gasteiger partial charge in [-0.15, -0.1) is 0 Å². The fraction of sp³-hybridized carbons (Fsp3) is 0.417. The summed E-state index contributed by atoms with van der Waals surface area (Å²) in [6.45, 7) is 4.22. The minimum Gasteiger partial charge on any atom is -0.342 e. The van der Waals surface area contributed by atoms with Gasteiger partial charge in [0.15, 0.2) is 0 Å². The number of alkyl halides is 1. The van der Waals surface area contributed by atoms with E-state index in [-0.39, 0.29) is 0 Å². The number of hydrogen-bond acceptors (Lipinski definition) is 1. The fourth-order valence-corrected chi connectivity index (χ4v) is 2.78. The van der Waals surface area contributed by atoms with E-state index in [2.05, 4.69) is 57.7 Å². The minimum absolute atomic E-state index is 0.612. The SMILES string of the molecule is CCCC(I)c1ccc2nc(C)[nH]c2c1. The molecule has 2 rings (SSSR count). The van der Waals surface area contributed by atoms with E-state index in [1.807, 2.05) is 6.92 Å². The summed E-state index contributed by atoms with van der Waals surface area (Å²) in [5.41, 5.74) is 3.62. The van der Waals surface area contributed by atoms with Gasteiger partial charge in [-0.3, -0.25) is 0 Å². The number of fused-ring (bicyclic) bond motifs is 1. The lowest BCUT2D eigenvalue weighted by atomic mass is 10.1. The van der Waals surface area contributed by atoms with E-state index in [1.54, 1.807) is 0 Å². The number of rotatable bonds is 3. The topological polar surface area (TPSA) is 28.7 Å². The highest BCUT2D eigenvalue weighted by Gasteiger charge is 2.07. The summed E-state index contributed by atoms with van der Waals surface area (Å²) in [7, 11) is 0. The van der Waals surface area contributed by atoms with Gasteiger partial charge in [-0.1, -0.05) is 42.0 Å². The van der Waals surface area contributed by atoms with Gasteiger partial charge in [-0.25, -0.2) is 4.98 Å². The van der Waals surface area contributed by atoms with Crippen molar-refractivity contribution in [1.82, 2.24) is 9.97 Å². The van der Waals surface area contributed by atoms with Gasteiger partial charge < -0.3 is 4.98 Å². The Hall–Kier alpha value is -0.580. The summed E-state index contributed by atoms with van der Waals surface area (Å²) in [4.78, 5) is 7.68. The van der Waals surface area contributed by atoms with Crippen LogP contribution in [0.3, 0.4) is 0 Å². The molecule has 1 aromatic carbocycles. The number of nitrogens with zero attached hydrogens (tertiary/aromatic N) is 1. The Morgan fingerprint density at radius 2 is 2.27 bits per heavy atom. The van der Waals surface area contributed by atoms with Crippen molar-refractivity contribution in [3.63, 3.8) is 0 Å². The predicted molar refractivity (Wildman–Crippen MR) is 72.5 cm³/mol. The van der Waals surface area contributed by atoms with Gasteiger partial charge >= 0.3 is 0 Å². The maximum Gasteiger partial charge on any atom is 0.104 e. The molecule has 80 valence electrons. The summed E-state index contributed by atoms with van der Waals surface area (Å²) >= 11 is 2.51. The molecule has 1 aromatic heterocycles. The maximum absolute atomic E-state index is 4.40. The first kappa shape index (κ1) is 10.9. The van der Waals surface area contributed by atoms with E-state index >= 15 is 0 Å². The molecule has 1 N–H and O–H groups in total. The van der Waals surface area contributed by atoms with Crippen molar-refractivity contribution in [3.8, 4) is 0 Å². The predicted octanol–water partition coefficient (Wildman–Crippen LogP) is 4.15. The first-order valence-corrected chi connectivity index (χ1v) is 6.55. The van der Waals surface area contributed by atoms with Crippen molar-refractivity contribution < 1.29 is 0 Å². The lowest BCUT2D eigenvalue weighted by molar-refractivity contribution is 0.800. The van der Waals surface area contributed by atoms with Crippen LogP contribution in [0.2, 0.25) is 0 Å². The molecule has 0 radical (unpaired) electrons. The number of imidazole rings is 1. The molecule has 0 saturated carbocycles. The second-order valence-corrected chi connectivity index (χ2v) is 5.36. The third-order valence-electron chi connectivity index (χ3n) is 2.53. The number of halogens is 1. The molecule has 2 nitrogen and oxygen atoms in total. The molecule has 1 unspecified atom stereocenters. The van der Waals surface area contributed by atoms with Crippen LogP contribution in [0.15, 0.2) is 18.2 Å². The largest absolute Gasteiger partial charge is 0.342 e. The van der Waals surface area contributed by atoms with E-state index in [9.17, 15) is 0 Å². The monoisotopic (exact) mass is 314 g/mol. The van der Waals surface area contributed by atoms with E-state index < -0.39 is 0 Å². The minimum atomic E-state index is 0.612. The number of nitrogens with one attached hydrogen (secondary N) is 1. The summed E-state index contributed by atoms with van der Waals surface area (Å²) in [6, 6.07) is 6.52. The van der Waals surface area contributed by atoms with Gasteiger partial charge in [0.2, 0.25) is 0 Å². The number of hydrogen-bond donors (Lipinski definition) is 1. The second-order valence-electron chi connectivity index (χ2n) is 3.86. The fourth-order valence-electron chi connectivity index (χ4n) is 1.77. The number of aromatic amines is 1. The van der Waals surface area contributed by atoms with Crippen molar-refractivity contribution >= 4 is 33.6 Å². The normalized spacial score (nSPS) is 13.3. The molecule has 0 spiro atoms. The average molecular weight is 314 g/mol. The van der Waals surface area contributed by atoms with Crippen molar-refractivity contribution in [1.29, 1.82) is 0 Å². The second kappa shape index (κ2) is 4.51. The van der Waals surface area contributed by atoms with Gasteiger partial charge in [0, 0.05) is 3.92 Å². The lowest BCUT2D eigenvalue weighted by Crippen LogP contribution is -1.88. The Kier molecular flexibility index (Phi) is 3.29. The first-order valence-electron chi connectivity index (χ1n) is 5.31. The Labute approximate surface area is 104 Å². The van der Waals surface area contributed by atoms with Crippen LogP contribution >= 0.6 is 22.6 Å². The summed E-state index contributed by atoms with van der Waals surface area (Å²) in [5, 5.41) is 0. The highest BCUT2D eigenvalue weighted by molar-refractivity contribution is 14.1. The van der Waals surface area contributed by atoms with Gasteiger partial charge in [-0.2, -0.15) is 0 Å². The number of benzene rings is 1. The van der Waals surface area contributed by atoms with Crippen molar-refractivity contribution in [2.24, 2.45) is 0 Å². The van der Waals surface area contributed by atoms with Gasteiger partial charge in [0.1, 0.15) is 5.82 Å². The van der Waals surface area contributed by atoms with Crippen molar-refractivity contribution in [3.05, 3.63) is 29.6 Å². The molecule has 0 saturated heterocycles. The molecule has 0 aliphatic rings. The van der Waals surface area contributed by atoms with Crippen molar-refractivity contribution in [2.75, 3.05) is 0 Å². The molecule has 1 heterocycles.